The van der Waals surface area contributed by atoms with Gasteiger partial charge in [0.2, 0.25) is 11.8 Å². The van der Waals surface area contributed by atoms with Gasteiger partial charge in [-0.2, -0.15) is 0 Å². The molecule has 168 valence electrons. The van der Waals surface area contributed by atoms with Crippen molar-refractivity contribution in [3.8, 4) is 5.75 Å². The average Bonchev–Trinajstić information content (AvgIpc) is 2.71. The van der Waals surface area contributed by atoms with Crippen LogP contribution >= 0.6 is 0 Å². The molecular formula is C24H39N3O3. The number of amides is 2. The number of benzene rings is 1. The van der Waals surface area contributed by atoms with Crippen LogP contribution in [0.2, 0.25) is 0 Å². The summed E-state index contributed by atoms with van der Waals surface area (Å²) in [4.78, 5) is 26.2. The first-order valence-corrected chi connectivity index (χ1v) is 11.3. The molecule has 1 heterocycles. The van der Waals surface area contributed by atoms with Crippen molar-refractivity contribution in [1.82, 2.24) is 15.5 Å². The fraction of sp³-hybridized carbons (Fsp3) is 0.667. The summed E-state index contributed by atoms with van der Waals surface area (Å²) in [6.07, 6.45) is 3.91. The molecule has 1 aromatic rings. The molecule has 6 heteroatoms. The lowest BCUT2D eigenvalue weighted by Crippen LogP contribution is -2.47. The molecule has 0 radical (unpaired) electrons. The lowest BCUT2D eigenvalue weighted by molar-refractivity contribution is -0.124. The smallest absolute Gasteiger partial charge is 0.234 e. The van der Waals surface area contributed by atoms with Crippen molar-refractivity contribution in [2.75, 3.05) is 32.8 Å². The maximum Gasteiger partial charge on any atom is 0.234 e. The third kappa shape index (κ3) is 8.74. The Morgan fingerprint density at radius 2 is 1.77 bits per heavy atom. The number of nitrogens with one attached hydrogen (secondary N) is 2. The number of carbonyl (C=O) groups is 2. The van der Waals surface area contributed by atoms with Gasteiger partial charge in [0.15, 0.2) is 0 Å². The Balaban J connectivity index is 1.58. The van der Waals surface area contributed by atoms with Crippen LogP contribution in [0.25, 0.3) is 0 Å². The van der Waals surface area contributed by atoms with Crippen molar-refractivity contribution in [2.24, 2.45) is 0 Å². The molecule has 2 rings (SSSR count). The molecule has 2 N–H and O–H groups in total. The highest BCUT2D eigenvalue weighted by atomic mass is 16.5. The highest BCUT2D eigenvalue weighted by molar-refractivity contribution is 5.78. The molecule has 1 aromatic carbocycles. The van der Waals surface area contributed by atoms with Gasteiger partial charge in [-0.05, 0) is 48.8 Å². The molecule has 0 spiro atoms. The minimum Gasteiger partial charge on any atom is -0.494 e. The maximum atomic E-state index is 12.2. The van der Waals surface area contributed by atoms with E-state index in [1.807, 2.05) is 19.1 Å². The fourth-order valence-electron chi connectivity index (χ4n) is 3.53. The first kappa shape index (κ1) is 24.2. The molecular weight excluding hydrogens is 378 g/mol. The summed E-state index contributed by atoms with van der Waals surface area (Å²) in [5, 5.41) is 6.04. The Morgan fingerprint density at radius 3 is 2.37 bits per heavy atom. The number of rotatable bonds is 10. The summed E-state index contributed by atoms with van der Waals surface area (Å²) in [6.45, 7) is 12.0. The van der Waals surface area contributed by atoms with Gasteiger partial charge >= 0.3 is 0 Å². The Labute approximate surface area is 181 Å². The minimum atomic E-state index is 0.0841. The first-order valence-electron chi connectivity index (χ1n) is 11.3. The van der Waals surface area contributed by atoms with Crippen molar-refractivity contribution in [1.29, 1.82) is 0 Å². The topological polar surface area (TPSA) is 70.7 Å². The zero-order valence-electron chi connectivity index (χ0n) is 19.1. The van der Waals surface area contributed by atoms with Crippen LogP contribution in [-0.4, -0.2) is 55.5 Å². The highest BCUT2D eigenvalue weighted by Gasteiger charge is 2.21. The van der Waals surface area contributed by atoms with Crippen LogP contribution < -0.4 is 15.4 Å². The molecule has 0 aromatic heterocycles. The number of piperidine rings is 1. The lowest BCUT2D eigenvalue weighted by atomic mass is 9.87. The Morgan fingerprint density at radius 1 is 1.10 bits per heavy atom. The quantitative estimate of drug-likeness (QED) is 0.574. The molecule has 0 aliphatic carbocycles. The van der Waals surface area contributed by atoms with Gasteiger partial charge in [0, 0.05) is 32.1 Å². The average molecular weight is 418 g/mol. The number of nitrogens with zero attached hydrogens (tertiary/aromatic N) is 1. The van der Waals surface area contributed by atoms with Gasteiger partial charge in [0.05, 0.1) is 13.2 Å². The number of ether oxygens (including phenoxy) is 1. The van der Waals surface area contributed by atoms with Crippen LogP contribution in [0.5, 0.6) is 5.75 Å². The van der Waals surface area contributed by atoms with Gasteiger partial charge in [0.1, 0.15) is 5.75 Å². The molecule has 6 nitrogen and oxygen atoms in total. The van der Waals surface area contributed by atoms with E-state index in [4.69, 9.17) is 4.74 Å². The molecule has 1 saturated heterocycles. The van der Waals surface area contributed by atoms with E-state index in [0.29, 0.717) is 26.0 Å². The highest BCUT2D eigenvalue weighted by Crippen LogP contribution is 2.24. The van der Waals surface area contributed by atoms with Crippen LogP contribution in [-0.2, 0) is 15.0 Å². The largest absolute Gasteiger partial charge is 0.494 e. The molecule has 1 aliphatic rings. The van der Waals surface area contributed by atoms with E-state index in [2.05, 4.69) is 48.4 Å². The molecule has 2 amide bonds. The Kier molecular flexibility index (Phi) is 9.63. The number of hydrogen-bond acceptors (Lipinski definition) is 4. The molecule has 1 fully saturated rings. The predicted octanol–water partition coefficient (Wildman–Crippen LogP) is 3.25. The van der Waals surface area contributed by atoms with E-state index in [1.54, 1.807) is 0 Å². The molecule has 0 atom stereocenters. The standard InChI is InChI=1S/C24H39N3O3/c1-5-14-25-23(29)18-27-15-12-20(13-16-27)26-22(28)7-6-17-30-21-10-8-19(9-11-21)24(2,3)4/h8-11,20H,5-7,12-18H2,1-4H3,(H,25,29)(H,26,28). The Hall–Kier alpha value is -2.08. The summed E-state index contributed by atoms with van der Waals surface area (Å²) in [5.74, 6) is 1.02. The van der Waals surface area contributed by atoms with E-state index >= 15 is 0 Å². The normalized spacial score (nSPS) is 15.6. The predicted molar refractivity (Wildman–Crippen MR) is 121 cm³/mol. The monoisotopic (exact) mass is 417 g/mol. The van der Waals surface area contributed by atoms with Crippen LogP contribution in [0.4, 0.5) is 0 Å². The first-order chi connectivity index (χ1) is 14.3. The summed E-state index contributed by atoms with van der Waals surface area (Å²) < 4.78 is 5.77. The van der Waals surface area contributed by atoms with Crippen LogP contribution in [0.1, 0.15) is 65.4 Å². The van der Waals surface area contributed by atoms with Gasteiger partial charge in [-0.25, -0.2) is 0 Å². The summed E-state index contributed by atoms with van der Waals surface area (Å²) >= 11 is 0. The van der Waals surface area contributed by atoms with Gasteiger partial charge in [-0.15, -0.1) is 0 Å². The zero-order valence-corrected chi connectivity index (χ0v) is 19.1. The van der Waals surface area contributed by atoms with Crippen molar-refractivity contribution in [2.45, 2.75) is 71.3 Å². The van der Waals surface area contributed by atoms with Gasteiger partial charge < -0.3 is 15.4 Å². The van der Waals surface area contributed by atoms with Gasteiger partial charge in [0.25, 0.3) is 0 Å². The number of hydrogen-bond donors (Lipinski definition) is 2. The van der Waals surface area contributed by atoms with E-state index < -0.39 is 0 Å². The lowest BCUT2D eigenvalue weighted by Gasteiger charge is -2.31. The number of likely N-dealkylation sites (tertiary alicyclic amines) is 1. The van der Waals surface area contributed by atoms with E-state index in [-0.39, 0.29) is 23.3 Å². The van der Waals surface area contributed by atoms with E-state index in [0.717, 1.165) is 44.6 Å². The molecule has 0 bridgehead atoms. The van der Waals surface area contributed by atoms with Crippen molar-refractivity contribution in [3.05, 3.63) is 29.8 Å². The third-order valence-electron chi connectivity index (χ3n) is 5.43. The van der Waals surface area contributed by atoms with Gasteiger partial charge in [-0.3, -0.25) is 14.5 Å². The summed E-state index contributed by atoms with van der Waals surface area (Å²) in [5.41, 5.74) is 1.41. The van der Waals surface area contributed by atoms with Crippen molar-refractivity contribution >= 4 is 11.8 Å². The maximum absolute atomic E-state index is 12.2. The molecule has 0 unspecified atom stereocenters. The van der Waals surface area contributed by atoms with Crippen LogP contribution in [0.3, 0.4) is 0 Å². The Bertz CT molecular complexity index is 659. The zero-order chi connectivity index (χ0) is 22.0. The van der Waals surface area contributed by atoms with Crippen molar-refractivity contribution < 1.29 is 14.3 Å². The van der Waals surface area contributed by atoms with Crippen molar-refractivity contribution in [3.63, 3.8) is 0 Å². The third-order valence-corrected chi connectivity index (χ3v) is 5.43. The van der Waals surface area contributed by atoms with Crippen LogP contribution in [0.15, 0.2) is 24.3 Å². The van der Waals surface area contributed by atoms with E-state index in [1.165, 1.54) is 5.56 Å². The molecule has 1 aliphatic heterocycles. The SMILES string of the molecule is CCCNC(=O)CN1CCC(NC(=O)CCCOc2ccc(C(C)(C)C)cc2)CC1. The minimum absolute atomic E-state index is 0.0841. The second-order valence-corrected chi connectivity index (χ2v) is 9.19. The van der Waals surface area contributed by atoms with Gasteiger partial charge in [-0.1, -0.05) is 39.8 Å². The fourth-order valence-corrected chi connectivity index (χ4v) is 3.53. The van der Waals surface area contributed by atoms with Crippen LogP contribution in [0, 0.1) is 0 Å². The summed E-state index contributed by atoms with van der Waals surface area (Å²) in [6, 6.07) is 8.40. The second-order valence-electron chi connectivity index (χ2n) is 9.19. The van der Waals surface area contributed by atoms with E-state index in [9.17, 15) is 9.59 Å². The number of carbonyl (C=O) groups excluding carboxylic acids is 2. The second kappa shape index (κ2) is 11.9. The summed E-state index contributed by atoms with van der Waals surface area (Å²) in [7, 11) is 0. The molecule has 30 heavy (non-hydrogen) atoms. The molecule has 0 saturated carbocycles.